The van der Waals surface area contributed by atoms with Crippen LogP contribution in [0.4, 0.5) is 5.69 Å². The lowest BCUT2D eigenvalue weighted by molar-refractivity contribution is -0.134. The van der Waals surface area contributed by atoms with Crippen LogP contribution >= 0.6 is 0 Å². The summed E-state index contributed by atoms with van der Waals surface area (Å²) in [7, 11) is 1.78. The van der Waals surface area contributed by atoms with Gasteiger partial charge in [0.2, 0.25) is 11.8 Å². The standard InChI is InChI=1S/C24H33N3O5/c1-3-22(28)26-16-8-11-20-18(12-16)24(30)27(2)19-10-9-17(32-21(19)14-31-20)13-23(29)25-15-6-4-5-7-15/h8,11-12,15,17,19,21H,3-7,9-10,13-14H2,1-2H3,(H,25,29)(H,26,28)/t17-,19+,21+/m0/s1. The molecular weight excluding hydrogens is 410 g/mol. The number of amides is 3. The second-order valence-corrected chi connectivity index (χ2v) is 9.03. The molecular formula is C24H33N3O5. The summed E-state index contributed by atoms with van der Waals surface area (Å²) in [6, 6.07) is 5.29. The first-order chi connectivity index (χ1) is 15.4. The summed E-state index contributed by atoms with van der Waals surface area (Å²) in [5.41, 5.74) is 1.00. The first kappa shape index (κ1) is 22.6. The van der Waals surface area contributed by atoms with Crippen molar-refractivity contribution in [2.75, 3.05) is 19.0 Å². The van der Waals surface area contributed by atoms with E-state index in [0.29, 0.717) is 42.5 Å². The van der Waals surface area contributed by atoms with Gasteiger partial charge in [0.1, 0.15) is 18.5 Å². The van der Waals surface area contributed by atoms with E-state index in [-0.39, 0.29) is 36.0 Å². The van der Waals surface area contributed by atoms with E-state index >= 15 is 0 Å². The zero-order chi connectivity index (χ0) is 22.7. The summed E-state index contributed by atoms with van der Waals surface area (Å²) in [6.45, 7) is 2.08. The van der Waals surface area contributed by atoms with Crippen LogP contribution in [0.15, 0.2) is 18.2 Å². The number of anilines is 1. The lowest BCUT2D eigenvalue weighted by atomic mass is 9.94. The third kappa shape index (κ3) is 5.06. The van der Waals surface area contributed by atoms with Crippen LogP contribution in [0.5, 0.6) is 5.75 Å². The van der Waals surface area contributed by atoms with Crippen molar-refractivity contribution in [1.82, 2.24) is 10.2 Å². The fourth-order valence-corrected chi connectivity index (χ4v) is 4.92. The van der Waals surface area contributed by atoms with Gasteiger partial charge in [0.15, 0.2) is 0 Å². The van der Waals surface area contributed by atoms with E-state index in [1.165, 1.54) is 12.8 Å². The number of nitrogens with one attached hydrogen (secondary N) is 2. The van der Waals surface area contributed by atoms with Gasteiger partial charge in [-0.3, -0.25) is 14.4 Å². The number of ether oxygens (including phenoxy) is 2. The molecule has 1 saturated carbocycles. The smallest absolute Gasteiger partial charge is 0.257 e. The Balaban J connectivity index is 1.42. The Hall–Kier alpha value is -2.61. The lowest BCUT2D eigenvalue weighted by Crippen LogP contribution is -2.54. The van der Waals surface area contributed by atoms with Crippen molar-refractivity contribution in [2.45, 2.75) is 82.6 Å². The van der Waals surface area contributed by atoms with Gasteiger partial charge in [0.25, 0.3) is 5.91 Å². The van der Waals surface area contributed by atoms with E-state index < -0.39 is 0 Å². The average Bonchev–Trinajstić information content (AvgIpc) is 3.29. The van der Waals surface area contributed by atoms with Crippen LogP contribution in [0.3, 0.4) is 0 Å². The van der Waals surface area contributed by atoms with Gasteiger partial charge in [0, 0.05) is 25.2 Å². The second-order valence-electron chi connectivity index (χ2n) is 9.03. The predicted molar refractivity (Wildman–Crippen MR) is 120 cm³/mol. The normalized spacial score (nSPS) is 25.8. The van der Waals surface area contributed by atoms with Crippen molar-refractivity contribution < 1.29 is 23.9 Å². The molecule has 8 nitrogen and oxygen atoms in total. The SMILES string of the molecule is CCC(=O)Nc1ccc2c(c1)C(=O)N(C)[C@@H]1CC[C@@H](CC(=O)NC3CCCC3)O[C@@H]1CO2. The van der Waals surface area contributed by atoms with Crippen LogP contribution in [0, 0.1) is 0 Å². The molecule has 1 aliphatic carbocycles. The molecule has 3 amide bonds. The fraction of sp³-hybridized carbons (Fsp3) is 0.625. The van der Waals surface area contributed by atoms with E-state index in [1.54, 1.807) is 37.1 Å². The Kier molecular flexibility index (Phi) is 6.98. The van der Waals surface area contributed by atoms with E-state index in [0.717, 1.165) is 25.7 Å². The topological polar surface area (TPSA) is 97.0 Å². The summed E-state index contributed by atoms with van der Waals surface area (Å²) < 4.78 is 12.2. The van der Waals surface area contributed by atoms with Gasteiger partial charge < -0.3 is 25.0 Å². The van der Waals surface area contributed by atoms with Crippen LogP contribution in [-0.2, 0) is 14.3 Å². The summed E-state index contributed by atoms with van der Waals surface area (Å²) in [4.78, 5) is 39.1. The van der Waals surface area contributed by atoms with E-state index in [4.69, 9.17) is 9.47 Å². The predicted octanol–water partition coefficient (Wildman–Crippen LogP) is 2.86. The van der Waals surface area contributed by atoms with Gasteiger partial charge in [-0.25, -0.2) is 0 Å². The molecule has 2 fully saturated rings. The molecule has 1 aromatic rings. The molecule has 4 rings (SSSR count). The molecule has 174 valence electrons. The fourth-order valence-electron chi connectivity index (χ4n) is 4.92. The van der Waals surface area contributed by atoms with E-state index in [9.17, 15) is 14.4 Å². The van der Waals surface area contributed by atoms with Crippen molar-refractivity contribution >= 4 is 23.4 Å². The maximum Gasteiger partial charge on any atom is 0.257 e. The minimum Gasteiger partial charge on any atom is -0.490 e. The number of carbonyl (C=O) groups excluding carboxylic acids is 3. The molecule has 2 aliphatic heterocycles. The Morgan fingerprint density at radius 1 is 1.12 bits per heavy atom. The number of benzene rings is 1. The highest BCUT2D eigenvalue weighted by Gasteiger charge is 2.39. The first-order valence-electron chi connectivity index (χ1n) is 11.7. The van der Waals surface area contributed by atoms with Crippen molar-refractivity contribution in [3.05, 3.63) is 23.8 Å². The van der Waals surface area contributed by atoms with Crippen molar-refractivity contribution in [2.24, 2.45) is 0 Å². The lowest BCUT2D eigenvalue weighted by Gasteiger charge is -2.42. The monoisotopic (exact) mass is 443 g/mol. The molecule has 1 aromatic carbocycles. The van der Waals surface area contributed by atoms with E-state index in [2.05, 4.69) is 10.6 Å². The molecule has 3 atom stereocenters. The molecule has 8 heteroatoms. The number of hydrogen-bond donors (Lipinski definition) is 2. The number of nitrogens with zero attached hydrogens (tertiary/aromatic N) is 1. The molecule has 0 aromatic heterocycles. The highest BCUT2D eigenvalue weighted by molar-refractivity contribution is 5.99. The third-order valence-electron chi connectivity index (χ3n) is 6.75. The molecule has 0 bridgehead atoms. The maximum absolute atomic E-state index is 13.2. The Labute approximate surface area is 189 Å². The molecule has 0 spiro atoms. The Bertz CT molecular complexity index is 867. The van der Waals surface area contributed by atoms with Crippen LogP contribution in [0.1, 0.15) is 68.6 Å². The highest BCUT2D eigenvalue weighted by atomic mass is 16.5. The van der Waals surface area contributed by atoms with Crippen LogP contribution < -0.4 is 15.4 Å². The van der Waals surface area contributed by atoms with Gasteiger partial charge in [-0.15, -0.1) is 0 Å². The molecule has 0 unspecified atom stereocenters. The number of carbonyl (C=O) groups is 3. The number of likely N-dealkylation sites (N-methyl/N-ethyl adjacent to an activating group) is 1. The number of fused-ring (bicyclic) bond motifs is 2. The third-order valence-corrected chi connectivity index (χ3v) is 6.75. The first-order valence-corrected chi connectivity index (χ1v) is 11.7. The molecule has 0 radical (unpaired) electrons. The summed E-state index contributed by atoms with van der Waals surface area (Å²) >= 11 is 0. The summed E-state index contributed by atoms with van der Waals surface area (Å²) in [6.07, 6.45) is 6.19. The zero-order valence-corrected chi connectivity index (χ0v) is 18.9. The quantitative estimate of drug-likeness (QED) is 0.729. The molecule has 1 saturated heterocycles. The maximum atomic E-state index is 13.2. The minimum absolute atomic E-state index is 0.0449. The van der Waals surface area contributed by atoms with Gasteiger partial charge in [0.05, 0.1) is 24.1 Å². The Morgan fingerprint density at radius 2 is 1.91 bits per heavy atom. The van der Waals surface area contributed by atoms with Crippen molar-refractivity contribution in [1.29, 1.82) is 0 Å². The van der Waals surface area contributed by atoms with Crippen molar-refractivity contribution in [3.8, 4) is 5.75 Å². The molecule has 2 heterocycles. The van der Waals surface area contributed by atoms with Gasteiger partial charge >= 0.3 is 0 Å². The largest absolute Gasteiger partial charge is 0.490 e. The Morgan fingerprint density at radius 3 is 2.66 bits per heavy atom. The number of hydrogen-bond acceptors (Lipinski definition) is 5. The van der Waals surface area contributed by atoms with Gasteiger partial charge in [-0.1, -0.05) is 19.8 Å². The van der Waals surface area contributed by atoms with Gasteiger partial charge in [-0.05, 0) is 43.9 Å². The molecule has 2 N–H and O–H groups in total. The summed E-state index contributed by atoms with van der Waals surface area (Å²) in [5, 5.41) is 5.92. The number of rotatable bonds is 5. The second kappa shape index (κ2) is 9.90. The van der Waals surface area contributed by atoms with Gasteiger partial charge in [-0.2, -0.15) is 0 Å². The van der Waals surface area contributed by atoms with Crippen LogP contribution in [-0.4, -0.2) is 60.6 Å². The van der Waals surface area contributed by atoms with Crippen molar-refractivity contribution in [3.63, 3.8) is 0 Å². The molecule has 32 heavy (non-hydrogen) atoms. The van der Waals surface area contributed by atoms with E-state index in [1.807, 2.05) is 0 Å². The van der Waals surface area contributed by atoms with Crippen LogP contribution in [0.25, 0.3) is 0 Å². The van der Waals surface area contributed by atoms with Crippen LogP contribution in [0.2, 0.25) is 0 Å². The average molecular weight is 444 g/mol. The highest BCUT2D eigenvalue weighted by Crippen LogP contribution is 2.32. The molecule has 3 aliphatic rings. The minimum atomic E-state index is -0.297. The summed E-state index contributed by atoms with van der Waals surface area (Å²) in [5.74, 6) is 0.243. The zero-order valence-electron chi connectivity index (χ0n) is 18.9.